The molecular formula is C18H14N2O4S. The summed E-state index contributed by atoms with van der Waals surface area (Å²) in [4.78, 5) is 14.0. The number of benzene rings is 2. The molecule has 25 heavy (non-hydrogen) atoms. The van der Waals surface area contributed by atoms with Crippen molar-refractivity contribution >= 4 is 32.6 Å². The Hall–Kier alpha value is -2.93. The lowest BCUT2D eigenvalue weighted by Gasteiger charge is -2.26. The Balaban J connectivity index is 1.55. The molecule has 0 saturated heterocycles. The number of hydrogen-bond donors (Lipinski definition) is 0. The highest BCUT2D eigenvalue weighted by Crippen LogP contribution is 2.22. The van der Waals surface area contributed by atoms with Gasteiger partial charge in [-0.05, 0) is 35.1 Å². The van der Waals surface area contributed by atoms with Gasteiger partial charge in [0.15, 0.2) is 0 Å². The van der Waals surface area contributed by atoms with Crippen LogP contribution in [0.25, 0.3) is 10.8 Å². The van der Waals surface area contributed by atoms with E-state index in [2.05, 4.69) is 4.40 Å². The van der Waals surface area contributed by atoms with Gasteiger partial charge in [-0.2, -0.15) is 0 Å². The summed E-state index contributed by atoms with van der Waals surface area (Å²) >= 11 is 0. The number of hydrogen-bond acceptors (Lipinski definition) is 5. The molecule has 0 amide bonds. The molecule has 2 aliphatic heterocycles. The van der Waals surface area contributed by atoms with E-state index in [4.69, 9.17) is 4.74 Å². The quantitative estimate of drug-likeness (QED) is 0.611. The minimum absolute atomic E-state index is 0.0756. The lowest BCUT2D eigenvalue weighted by Crippen LogP contribution is -2.37. The van der Waals surface area contributed by atoms with E-state index in [0.29, 0.717) is 17.2 Å². The van der Waals surface area contributed by atoms with Crippen LogP contribution in [0.15, 0.2) is 70.8 Å². The van der Waals surface area contributed by atoms with Crippen LogP contribution in [0.4, 0.5) is 0 Å². The third-order valence-corrected chi connectivity index (χ3v) is 5.15. The maximum atomic E-state index is 12.4. The van der Waals surface area contributed by atoms with Crippen molar-refractivity contribution < 1.29 is 17.9 Å². The summed E-state index contributed by atoms with van der Waals surface area (Å²) in [7, 11) is -3.41. The van der Waals surface area contributed by atoms with Crippen LogP contribution in [-0.2, 0) is 14.8 Å². The molecule has 0 bridgehead atoms. The van der Waals surface area contributed by atoms with Crippen LogP contribution >= 0.6 is 0 Å². The van der Waals surface area contributed by atoms with Gasteiger partial charge in [-0.25, -0.2) is 13.2 Å². The minimum Gasteiger partial charge on any atom is -0.423 e. The zero-order valence-corrected chi connectivity index (χ0v) is 13.9. The standard InChI is InChI=1S/C18H14N2O4S/c21-18(24-16-7-5-13-3-1-2-4-14(13)11-16)15-6-8-17-19-25(22,23)10-9-20(17)12-15/h1-8,11-12H,9-10H2. The van der Waals surface area contributed by atoms with Crippen LogP contribution in [0, 0.1) is 0 Å². The van der Waals surface area contributed by atoms with Gasteiger partial charge in [0, 0.05) is 12.7 Å². The molecule has 0 unspecified atom stereocenters. The fourth-order valence-electron chi connectivity index (χ4n) is 2.72. The Morgan fingerprint density at radius 3 is 2.72 bits per heavy atom. The molecule has 0 spiro atoms. The summed E-state index contributed by atoms with van der Waals surface area (Å²) < 4.78 is 32.1. The average molecular weight is 354 g/mol. The molecule has 7 heteroatoms. The maximum absolute atomic E-state index is 12.4. The van der Waals surface area contributed by atoms with Crippen molar-refractivity contribution in [2.75, 3.05) is 12.3 Å². The summed E-state index contributed by atoms with van der Waals surface area (Å²) in [5, 5.41) is 2.05. The van der Waals surface area contributed by atoms with E-state index in [9.17, 15) is 13.2 Å². The number of carbonyl (C=O) groups is 1. The number of amidine groups is 1. The number of rotatable bonds is 2. The van der Waals surface area contributed by atoms with Crippen molar-refractivity contribution in [1.29, 1.82) is 0 Å². The maximum Gasteiger partial charge on any atom is 0.345 e. The number of ether oxygens (including phenoxy) is 1. The highest BCUT2D eigenvalue weighted by Gasteiger charge is 2.25. The second kappa shape index (κ2) is 5.86. The van der Waals surface area contributed by atoms with Crippen molar-refractivity contribution in [3.05, 3.63) is 66.4 Å². The van der Waals surface area contributed by atoms with Gasteiger partial charge in [-0.1, -0.05) is 30.3 Å². The first-order valence-corrected chi connectivity index (χ1v) is 9.31. The van der Waals surface area contributed by atoms with Gasteiger partial charge >= 0.3 is 5.97 Å². The van der Waals surface area contributed by atoms with Crippen LogP contribution in [0.3, 0.4) is 0 Å². The molecule has 0 saturated carbocycles. The summed E-state index contributed by atoms with van der Waals surface area (Å²) in [6.07, 6.45) is 4.59. The van der Waals surface area contributed by atoms with E-state index in [-0.39, 0.29) is 12.3 Å². The Labute approximate surface area is 144 Å². The van der Waals surface area contributed by atoms with Gasteiger partial charge in [0.25, 0.3) is 10.0 Å². The first kappa shape index (κ1) is 15.6. The van der Waals surface area contributed by atoms with Crippen molar-refractivity contribution in [1.82, 2.24) is 4.90 Å². The van der Waals surface area contributed by atoms with E-state index in [1.165, 1.54) is 12.2 Å². The SMILES string of the molecule is O=C(Oc1ccc2ccccc2c1)C1=CN2CCS(=O)(=O)N=C2C=C1. The van der Waals surface area contributed by atoms with Gasteiger partial charge in [0.2, 0.25) is 0 Å². The molecule has 0 radical (unpaired) electrons. The van der Waals surface area contributed by atoms with Gasteiger partial charge in [-0.15, -0.1) is 4.40 Å². The molecule has 0 fully saturated rings. The number of sulfonamides is 1. The molecule has 0 aliphatic carbocycles. The first-order chi connectivity index (χ1) is 12.0. The molecule has 2 aromatic rings. The highest BCUT2D eigenvalue weighted by molar-refractivity contribution is 7.90. The monoisotopic (exact) mass is 354 g/mol. The zero-order chi connectivity index (χ0) is 17.4. The Morgan fingerprint density at radius 2 is 1.88 bits per heavy atom. The molecule has 4 rings (SSSR count). The van der Waals surface area contributed by atoms with Gasteiger partial charge in [0.1, 0.15) is 11.6 Å². The van der Waals surface area contributed by atoms with E-state index in [1.54, 1.807) is 23.2 Å². The summed E-state index contributed by atoms with van der Waals surface area (Å²) in [6.45, 7) is 0.262. The molecule has 2 heterocycles. The van der Waals surface area contributed by atoms with Crippen molar-refractivity contribution in [2.45, 2.75) is 0 Å². The Kier molecular flexibility index (Phi) is 3.65. The molecule has 2 aliphatic rings. The van der Waals surface area contributed by atoms with Crippen LogP contribution in [0.5, 0.6) is 5.75 Å². The number of nitrogens with zero attached hydrogens (tertiary/aromatic N) is 2. The van der Waals surface area contributed by atoms with Crippen LogP contribution in [0.2, 0.25) is 0 Å². The van der Waals surface area contributed by atoms with Crippen molar-refractivity contribution in [3.8, 4) is 5.75 Å². The second-order valence-corrected chi connectivity index (χ2v) is 7.50. The van der Waals surface area contributed by atoms with E-state index in [1.807, 2.05) is 30.3 Å². The average Bonchev–Trinajstić information content (AvgIpc) is 2.60. The van der Waals surface area contributed by atoms with Gasteiger partial charge in [-0.3, -0.25) is 0 Å². The topological polar surface area (TPSA) is 76.0 Å². The molecule has 0 aromatic heterocycles. The minimum atomic E-state index is -3.41. The summed E-state index contributed by atoms with van der Waals surface area (Å²) in [6, 6.07) is 13.2. The first-order valence-electron chi connectivity index (χ1n) is 7.70. The number of fused-ring (bicyclic) bond motifs is 2. The zero-order valence-electron chi connectivity index (χ0n) is 13.1. The van der Waals surface area contributed by atoms with Crippen molar-refractivity contribution in [2.24, 2.45) is 4.40 Å². The van der Waals surface area contributed by atoms with Crippen LogP contribution < -0.4 is 4.74 Å². The molecule has 0 N–H and O–H groups in total. The molecule has 2 aromatic carbocycles. The normalized spacial score (nSPS) is 18.3. The highest BCUT2D eigenvalue weighted by atomic mass is 32.2. The Bertz CT molecular complexity index is 1070. The second-order valence-electron chi connectivity index (χ2n) is 5.75. The Morgan fingerprint density at radius 1 is 1.08 bits per heavy atom. The molecule has 126 valence electrons. The third-order valence-electron chi connectivity index (χ3n) is 3.99. The van der Waals surface area contributed by atoms with Crippen LogP contribution in [0.1, 0.15) is 0 Å². The lowest BCUT2D eigenvalue weighted by atomic mass is 10.1. The summed E-state index contributed by atoms with van der Waals surface area (Å²) in [5.74, 6) is 0.194. The number of carbonyl (C=O) groups excluding carboxylic acids is 1. The fraction of sp³-hybridized carbons (Fsp3) is 0.111. The lowest BCUT2D eigenvalue weighted by molar-refractivity contribution is -0.129. The fourth-order valence-corrected chi connectivity index (χ4v) is 3.69. The predicted octanol–water partition coefficient (Wildman–Crippen LogP) is 2.24. The van der Waals surface area contributed by atoms with Gasteiger partial charge in [0.05, 0.1) is 11.3 Å². The van der Waals surface area contributed by atoms with Crippen molar-refractivity contribution in [3.63, 3.8) is 0 Å². The molecule has 6 nitrogen and oxygen atoms in total. The van der Waals surface area contributed by atoms with E-state index < -0.39 is 16.0 Å². The molecular weight excluding hydrogens is 340 g/mol. The van der Waals surface area contributed by atoms with Crippen LogP contribution in [-0.4, -0.2) is 37.4 Å². The predicted molar refractivity (Wildman–Crippen MR) is 94.7 cm³/mol. The molecule has 0 atom stereocenters. The smallest absolute Gasteiger partial charge is 0.345 e. The number of esters is 1. The third kappa shape index (κ3) is 3.18. The van der Waals surface area contributed by atoms with E-state index in [0.717, 1.165) is 10.8 Å². The summed E-state index contributed by atoms with van der Waals surface area (Å²) in [5.41, 5.74) is 0.339. The van der Waals surface area contributed by atoms with E-state index >= 15 is 0 Å². The largest absolute Gasteiger partial charge is 0.423 e. The van der Waals surface area contributed by atoms with Gasteiger partial charge < -0.3 is 9.64 Å².